The van der Waals surface area contributed by atoms with Crippen molar-refractivity contribution in [2.75, 3.05) is 13.6 Å². The van der Waals surface area contributed by atoms with E-state index in [0.717, 1.165) is 5.56 Å². The molecule has 0 radical (unpaired) electrons. The average molecular weight is 417 g/mol. The average Bonchev–Trinajstić information content (AvgIpc) is 2.80. The molecule has 0 N–H and O–H groups in total. The van der Waals surface area contributed by atoms with Crippen molar-refractivity contribution in [2.24, 2.45) is 5.10 Å². The summed E-state index contributed by atoms with van der Waals surface area (Å²) < 4.78 is 0. The molecular weight excluding hydrogens is 404 g/mol. The maximum absolute atomic E-state index is 12.4. The number of hydrogen-bond donors (Lipinski definition) is 0. The van der Waals surface area contributed by atoms with Crippen molar-refractivity contribution in [2.45, 2.75) is 6.17 Å². The number of halogens is 4. The van der Waals surface area contributed by atoms with Crippen LogP contribution in [0.15, 0.2) is 41.5 Å². The number of carbonyl (C=O) groups excluding carboxylic acids is 1. The summed E-state index contributed by atoms with van der Waals surface area (Å²) in [6.45, 7) is 0.231. The molecule has 25 heavy (non-hydrogen) atoms. The van der Waals surface area contributed by atoms with Crippen molar-refractivity contribution in [1.82, 2.24) is 9.91 Å². The van der Waals surface area contributed by atoms with Crippen molar-refractivity contribution in [3.63, 3.8) is 0 Å². The molecule has 0 aliphatic carbocycles. The highest BCUT2D eigenvalue weighted by molar-refractivity contribution is 6.36. The van der Waals surface area contributed by atoms with Gasteiger partial charge < -0.3 is 0 Å². The fraction of sp³-hybridized carbons (Fsp3) is 0.176. The van der Waals surface area contributed by atoms with Crippen molar-refractivity contribution >= 4 is 58.5 Å². The maximum atomic E-state index is 12.4. The first kappa shape index (κ1) is 18.5. The lowest BCUT2D eigenvalue weighted by molar-refractivity contribution is -0.128. The number of rotatable bonds is 3. The fourth-order valence-electron chi connectivity index (χ4n) is 2.63. The van der Waals surface area contributed by atoms with Crippen LogP contribution >= 0.6 is 46.4 Å². The van der Waals surface area contributed by atoms with Crippen molar-refractivity contribution in [3.05, 3.63) is 67.6 Å². The minimum absolute atomic E-state index is 0.139. The van der Waals surface area contributed by atoms with Gasteiger partial charge in [-0.3, -0.25) is 9.69 Å². The molecule has 1 heterocycles. The van der Waals surface area contributed by atoms with Gasteiger partial charge in [0.05, 0.1) is 17.8 Å². The van der Waals surface area contributed by atoms with Gasteiger partial charge in [0.2, 0.25) is 0 Å². The van der Waals surface area contributed by atoms with Crippen LogP contribution in [0.25, 0.3) is 0 Å². The highest BCUT2D eigenvalue weighted by Crippen LogP contribution is 2.35. The zero-order chi connectivity index (χ0) is 18.1. The van der Waals surface area contributed by atoms with E-state index in [-0.39, 0.29) is 12.5 Å². The van der Waals surface area contributed by atoms with Crippen LogP contribution in [0.4, 0.5) is 0 Å². The first-order valence-electron chi connectivity index (χ1n) is 7.33. The highest BCUT2D eigenvalue weighted by Gasteiger charge is 2.37. The van der Waals surface area contributed by atoms with Crippen LogP contribution < -0.4 is 0 Å². The zero-order valence-electron chi connectivity index (χ0n) is 13.1. The number of amides is 1. The van der Waals surface area contributed by atoms with Gasteiger partial charge in [-0.1, -0.05) is 58.5 Å². The molecule has 0 spiro atoms. The van der Waals surface area contributed by atoms with Gasteiger partial charge in [-0.25, -0.2) is 5.01 Å². The van der Waals surface area contributed by atoms with Gasteiger partial charge in [0.1, 0.15) is 6.17 Å². The summed E-state index contributed by atoms with van der Waals surface area (Å²) in [7, 11) is 1.83. The summed E-state index contributed by atoms with van der Waals surface area (Å²) in [5.41, 5.74) is 1.41. The van der Waals surface area contributed by atoms with Crippen LogP contribution in [0.1, 0.15) is 17.3 Å². The summed E-state index contributed by atoms with van der Waals surface area (Å²) in [5, 5.41) is 7.72. The van der Waals surface area contributed by atoms with Crippen LogP contribution in [-0.2, 0) is 4.79 Å². The Labute approximate surface area is 165 Å². The lowest BCUT2D eigenvalue weighted by atomic mass is 10.1. The number of likely N-dealkylation sites (N-methyl/N-ethyl adjacent to an activating group) is 1. The third kappa shape index (κ3) is 3.94. The van der Waals surface area contributed by atoms with Gasteiger partial charge in [-0.15, -0.1) is 0 Å². The van der Waals surface area contributed by atoms with E-state index in [1.54, 1.807) is 36.4 Å². The van der Waals surface area contributed by atoms with Crippen LogP contribution in [0.2, 0.25) is 20.1 Å². The molecule has 3 rings (SSSR count). The molecule has 2 aromatic rings. The molecule has 8 heteroatoms. The SMILES string of the molecule is CN1CC(=O)N(/N=C\c2ccc(Cl)cc2Cl)[C@@H]1c1ccc(Cl)cc1Cl. The van der Waals surface area contributed by atoms with Crippen molar-refractivity contribution in [3.8, 4) is 0 Å². The first-order chi connectivity index (χ1) is 11.9. The second-order valence-corrected chi connectivity index (χ2v) is 7.29. The lowest BCUT2D eigenvalue weighted by Gasteiger charge is -2.25. The van der Waals surface area contributed by atoms with E-state index in [0.29, 0.717) is 25.7 Å². The third-order valence-electron chi connectivity index (χ3n) is 3.81. The number of nitrogens with zero attached hydrogens (tertiary/aromatic N) is 3. The summed E-state index contributed by atoms with van der Waals surface area (Å²) in [6, 6.07) is 10.2. The Morgan fingerprint density at radius 1 is 1.04 bits per heavy atom. The quantitative estimate of drug-likeness (QED) is 0.652. The molecule has 1 atom stereocenters. The molecule has 0 aromatic heterocycles. The van der Waals surface area contributed by atoms with Gasteiger partial charge in [0.15, 0.2) is 0 Å². The Balaban J connectivity index is 1.94. The molecule has 0 bridgehead atoms. The lowest BCUT2D eigenvalue weighted by Crippen LogP contribution is -2.27. The first-order valence-corrected chi connectivity index (χ1v) is 8.84. The molecule has 130 valence electrons. The zero-order valence-corrected chi connectivity index (χ0v) is 16.1. The smallest absolute Gasteiger partial charge is 0.258 e. The molecule has 1 amide bonds. The molecule has 1 aliphatic rings. The van der Waals surface area contributed by atoms with E-state index < -0.39 is 6.17 Å². The molecular formula is C17H13Cl4N3O. The predicted molar refractivity (Wildman–Crippen MR) is 103 cm³/mol. The molecule has 0 saturated carbocycles. The van der Waals surface area contributed by atoms with E-state index in [4.69, 9.17) is 46.4 Å². The predicted octanol–water partition coefficient (Wildman–Crippen LogP) is 5.11. The van der Waals surface area contributed by atoms with Gasteiger partial charge in [0, 0.05) is 26.2 Å². The molecule has 1 aliphatic heterocycles. The van der Waals surface area contributed by atoms with Gasteiger partial charge >= 0.3 is 0 Å². The molecule has 1 fully saturated rings. The van der Waals surface area contributed by atoms with Gasteiger partial charge in [-0.05, 0) is 31.3 Å². The third-order valence-corrected chi connectivity index (χ3v) is 4.94. The van der Waals surface area contributed by atoms with E-state index in [1.807, 2.05) is 11.9 Å². The monoisotopic (exact) mass is 415 g/mol. The maximum Gasteiger partial charge on any atom is 0.258 e. The largest absolute Gasteiger partial charge is 0.272 e. The van der Waals surface area contributed by atoms with E-state index >= 15 is 0 Å². The van der Waals surface area contributed by atoms with Crippen LogP contribution in [-0.4, -0.2) is 35.6 Å². The van der Waals surface area contributed by atoms with Gasteiger partial charge in [0.25, 0.3) is 5.91 Å². The Morgan fingerprint density at radius 3 is 2.32 bits per heavy atom. The summed E-state index contributed by atoms with van der Waals surface area (Å²) in [6.07, 6.45) is 1.12. The minimum Gasteiger partial charge on any atom is -0.272 e. The van der Waals surface area contributed by atoms with Crippen molar-refractivity contribution in [1.29, 1.82) is 0 Å². The summed E-state index contributed by atoms with van der Waals surface area (Å²) in [5.74, 6) is -0.139. The van der Waals surface area contributed by atoms with Crippen LogP contribution in [0.5, 0.6) is 0 Å². The normalized spacial score (nSPS) is 18.5. The molecule has 0 unspecified atom stereocenters. The second-order valence-electron chi connectivity index (χ2n) is 5.60. The summed E-state index contributed by atoms with van der Waals surface area (Å²) >= 11 is 24.3. The fourth-order valence-corrected chi connectivity index (χ4v) is 3.60. The van der Waals surface area contributed by atoms with Crippen molar-refractivity contribution < 1.29 is 4.79 Å². The Hall–Kier alpha value is -1.30. The highest BCUT2D eigenvalue weighted by atomic mass is 35.5. The summed E-state index contributed by atoms with van der Waals surface area (Å²) in [4.78, 5) is 14.2. The molecule has 1 saturated heterocycles. The second kappa shape index (κ2) is 7.52. The van der Waals surface area contributed by atoms with E-state index in [2.05, 4.69) is 5.10 Å². The minimum atomic E-state index is -0.417. The Bertz CT molecular complexity index is 856. The topological polar surface area (TPSA) is 35.9 Å². The molecule has 4 nitrogen and oxygen atoms in total. The Morgan fingerprint density at radius 2 is 1.68 bits per heavy atom. The van der Waals surface area contributed by atoms with E-state index in [1.165, 1.54) is 11.2 Å². The van der Waals surface area contributed by atoms with Crippen LogP contribution in [0, 0.1) is 0 Å². The van der Waals surface area contributed by atoms with Gasteiger partial charge in [-0.2, -0.15) is 5.10 Å². The number of hydrazone groups is 1. The standard InChI is InChI=1S/C17H13Cl4N3O/c1-23-9-16(25)24(17(23)13-5-4-12(19)7-15(13)21)22-8-10-2-3-11(18)6-14(10)20/h2-8,17H,9H2,1H3/b22-8-/t17-/m1/s1. The number of benzene rings is 2. The molecule has 2 aromatic carbocycles. The number of carbonyl (C=O) groups is 1. The van der Waals surface area contributed by atoms with Crippen LogP contribution in [0.3, 0.4) is 0 Å². The number of hydrogen-bond acceptors (Lipinski definition) is 3. The van der Waals surface area contributed by atoms with E-state index in [9.17, 15) is 4.79 Å². The Kier molecular flexibility index (Phi) is 5.56.